The number of hydrogen-bond donors (Lipinski definition) is 0. The molecule has 0 fully saturated rings. The van der Waals surface area contributed by atoms with Crippen molar-refractivity contribution in [2.75, 3.05) is 0 Å². The lowest BCUT2D eigenvalue weighted by Crippen LogP contribution is -2.23. The van der Waals surface area contributed by atoms with Crippen LogP contribution in [0.4, 0.5) is 0 Å². The highest BCUT2D eigenvalue weighted by Gasteiger charge is 2.22. The van der Waals surface area contributed by atoms with Crippen molar-refractivity contribution in [1.29, 1.82) is 0 Å². The van der Waals surface area contributed by atoms with Crippen LogP contribution >= 0.6 is 0 Å². The molecule has 0 bridgehead atoms. The molecule has 2 nitrogen and oxygen atoms in total. The Balaban J connectivity index is 1.15. The molecule has 0 amide bonds. The monoisotopic (exact) mass is 560 g/mol. The second-order valence-electron chi connectivity index (χ2n) is 11.6. The summed E-state index contributed by atoms with van der Waals surface area (Å²) in [6.45, 7) is 0. The van der Waals surface area contributed by atoms with Gasteiger partial charge in [0, 0.05) is 33.2 Å². The quantitative estimate of drug-likeness (QED) is 0.204. The summed E-state index contributed by atoms with van der Waals surface area (Å²) in [7, 11) is 0. The number of rotatable bonds is 4. The van der Waals surface area contributed by atoms with E-state index in [1.807, 2.05) is 0 Å². The summed E-state index contributed by atoms with van der Waals surface area (Å²) in [6, 6.07) is 52.2. The maximum absolute atomic E-state index is 5.31. The van der Waals surface area contributed by atoms with Gasteiger partial charge in [-0.3, -0.25) is 0 Å². The van der Waals surface area contributed by atoms with Crippen molar-refractivity contribution in [2.45, 2.75) is 5.92 Å². The Morgan fingerprint density at radius 1 is 0.523 bits per heavy atom. The van der Waals surface area contributed by atoms with E-state index in [9.17, 15) is 0 Å². The normalized spacial score (nSPS) is 15.2. The number of nitrogens with zero attached hydrogens (tertiary/aromatic N) is 2. The first kappa shape index (κ1) is 24.8. The molecular formula is C42H28N2. The average molecular weight is 561 g/mol. The Kier molecular flexibility index (Phi) is 5.60. The first-order valence-corrected chi connectivity index (χ1v) is 15.2. The Labute approximate surface area is 255 Å². The fourth-order valence-electron chi connectivity index (χ4n) is 6.87. The van der Waals surface area contributed by atoms with Gasteiger partial charge < -0.3 is 4.57 Å². The molecule has 1 aliphatic heterocycles. The van der Waals surface area contributed by atoms with E-state index in [0.717, 1.165) is 16.7 Å². The molecule has 7 aromatic rings. The number of benzene rings is 6. The van der Waals surface area contributed by atoms with Crippen LogP contribution in [0.25, 0.3) is 55.3 Å². The zero-order chi connectivity index (χ0) is 29.0. The first-order chi connectivity index (χ1) is 21.8. The lowest BCUT2D eigenvalue weighted by atomic mass is 9.90. The van der Waals surface area contributed by atoms with Gasteiger partial charge in [-0.1, -0.05) is 127 Å². The molecule has 206 valence electrons. The van der Waals surface area contributed by atoms with Crippen molar-refractivity contribution in [3.63, 3.8) is 0 Å². The Hall–Kier alpha value is -5.73. The molecule has 44 heavy (non-hydrogen) atoms. The van der Waals surface area contributed by atoms with E-state index >= 15 is 0 Å². The molecule has 0 radical (unpaired) electrons. The number of hydrogen-bond acceptors (Lipinski definition) is 1. The SMILES string of the molecule is C1=CC(c2ccc(-c3ccccc3)cc2)C=C2N=c3c(ccc4c3c3ccccc3n4-c3ccc(-c4ccccc4)cc3)=C12. The van der Waals surface area contributed by atoms with E-state index in [-0.39, 0.29) is 5.92 Å². The first-order valence-electron chi connectivity index (χ1n) is 15.2. The van der Waals surface area contributed by atoms with Crippen LogP contribution in [0.1, 0.15) is 11.5 Å². The molecular weight excluding hydrogens is 532 g/mol. The van der Waals surface area contributed by atoms with Gasteiger partial charge >= 0.3 is 0 Å². The highest BCUT2D eigenvalue weighted by molar-refractivity contribution is 6.09. The van der Waals surface area contributed by atoms with Gasteiger partial charge in [0.1, 0.15) is 0 Å². The van der Waals surface area contributed by atoms with Crippen molar-refractivity contribution in [1.82, 2.24) is 4.57 Å². The van der Waals surface area contributed by atoms with E-state index in [2.05, 4.69) is 168 Å². The molecule has 1 unspecified atom stereocenters. The van der Waals surface area contributed by atoms with Crippen LogP contribution in [0, 0.1) is 0 Å². The van der Waals surface area contributed by atoms with Gasteiger partial charge in [-0.05, 0) is 64.2 Å². The lowest BCUT2D eigenvalue weighted by Gasteiger charge is -2.15. The van der Waals surface area contributed by atoms with Gasteiger partial charge in [-0.15, -0.1) is 0 Å². The summed E-state index contributed by atoms with van der Waals surface area (Å²) in [5.74, 6) is 0.191. The molecule has 6 aromatic carbocycles. The highest BCUT2D eigenvalue weighted by atomic mass is 15.0. The maximum Gasteiger partial charge on any atom is 0.0816 e. The number of aromatic nitrogens is 1. The van der Waals surface area contributed by atoms with Crippen LogP contribution in [0.15, 0.2) is 175 Å². The molecule has 1 aliphatic carbocycles. The zero-order valence-electron chi connectivity index (χ0n) is 24.1. The van der Waals surface area contributed by atoms with Crippen molar-refractivity contribution in [3.8, 4) is 27.9 Å². The zero-order valence-corrected chi connectivity index (χ0v) is 24.1. The summed E-state index contributed by atoms with van der Waals surface area (Å²) in [5, 5.41) is 4.72. The van der Waals surface area contributed by atoms with Gasteiger partial charge in [0.05, 0.1) is 22.1 Å². The van der Waals surface area contributed by atoms with Gasteiger partial charge in [-0.2, -0.15) is 0 Å². The average Bonchev–Trinajstić information content (AvgIpc) is 3.64. The maximum atomic E-state index is 5.31. The predicted molar refractivity (Wildman–Crippen MR) is 182 cm³/mol. The predicted octanol–water partition coefficient (Wildman–Crippen LogP) is 9.14. The molecule has 0 spiro atoms. The number of para-hydroxylation sites is 1. The third-order valence-corrected chi connectivity index (χ3v) is 9.05. The minimum Gasteiger partial charge on any atom is -0.309 e. The molecule has 2 heterocycles. The standard InChI is InChI=1S/C42H28N2/c1-3-9-28(10-4-1)30-15-17-32(18-16-30)33-21-24-35-36-25-26-40-41(42(36)43-38(35)27-33)37-13-7-8-14-39(37)44(40)34-22-19-31(20-23-34)29-11-5-2-6-12-29/h1-27,33H. The van der Waals surface area contributed by atoms with Crippen LogP contribution in [0.5, 0.6) is 0 Å². The summed E-state index contributed by atoms with van der Waals surface area (Å²) >= 11 is 0. The van der Waals surface area contributed by atoms with Crippen molar-refractivity contribution >= 4 is 27.4 Å². The molecule has 1 aromatic heterocycles. The Morgan fingerprint density at radius 2 is 1.14 bits per heavy atom. The number of fused-ring (bicyclic) bond motifs is 6. The van der Waals surface area contributed by atoms with Crippen molar-refractivity contribution < 1.29 is 0 Å². The Morgan fingerprint density at radius 3 is 1.84 bits per heavy atom. The van der Waals surface area contributed by atoms with Crippen molar-refractivity contribution in [3.05, 3.63) is 186 Å². The van der Waals surface area contributed by atoms with E-state index in [0.29, 0.717) is 0 Å². The van der Waals surface area contributed by atoms with Crippen LogP contribution in [-0.4, -0.2) is 4.57 Å². The fourth-order valence-corrected chi connectivity index (χ4v) is 6.87. The molecule has 2 aliphatic rings. The van der Waals surface area contributed by atoms with Crippen LogP contribution in [-0.2, 0) is 0 Å². The highest BCUT2D eigenvalue weighted by Crippen LogP contribution is 2.35. The summed E-state index contributed by atoms with van der Waals surface area (Å²) < 4.78 is 2.38. The molecule has 1 atom stereocenters. The van der Waals surface area contributed by atoms with Gasteiger partial charge in [0.25, 0.3) is 0 Å². The van der Waals surface area contributed by atoms with E-state index in [1.165, 1.54) is 60.4 Å². The second kappa shape index (κ2) is 9.93. The van der Waals surface area contributed by atoms with E-state index in [4.69, 9.17) is 4.99 Å². The van der Waals surface area contributed by atoms with E-state index < -0.39 is 0 Å². The Bertz CT molecular complexity index is 2390. The molecule has 9 rings (SSSR count). The lowest BCUT2D eigenvalue weighted by molar-refractivity contribution is 1.05. The molecule has 2 heteroatoms. The topological polar surface area (TPSA) is 17.3 Å². The summed E-state index contributed by atoms with van der Waals surface area (Å²) in [5.41, 5.74) is 12.0. The van der Waals surface area contributed by atoms with Crippen LogP contribution in [0.3, 0.4) is 0 Å². The smallest absolute Gasteiger partial charge is 0.0816 e. The van der Waals surface area contributed by atoms with E-state index in [1.54, 1.807) is 0 Å². The fraction of sp³-hybridized carbons (Fsp3) is 0.0238. The third kappa shape index (κ3) is 3.92. The van der Waals surface area contributed by atoms with Gasteiger partial charge in [0.2, 0.25) is 0 Å². The second-order valence-corrected chi connectivity index (χ2v) is 11.6. The number of allylic oxidation sites excluding steroid dienone is 3. The third-order valence-electron chi connectivity index (χ3n) is 9.05. The largest absolute Gasteiger partial charge is 0.309 e. The molecule has 0 saturated carbocycles. The van der Waals surface area contributed by atoms with Crippen molar-refractivity contribution in [2.24, 2.45) is 4.99 Å². The van der Waals surface area contributed by atoms with Crippen LogP contribution < -0.4 is 10.6 Å². The molecule has 0 N–H and O–H groups in total. The van der Waals surface area contributed by atoms with Gasteiger partial charge in [-0.25, -0.2) is 4.99 Å². The minimum absolute atomic E-state index is 0.191. The summed E-state index contributed by atoms with van der Waals surface area (Å²) in [4.78, 5) is 5.31. The minimum atomic E-state index is 0.191. The molecule has 0 saturated heterocycles. The van der Waals surface area contributed by atoms with Gasteiger partial charge in [0.15, 0.2) is 0 Å². The summed E-state index contributed by atoms with van der Waals surface area (Å²) in [6.07, 6.45) is 6.90. The van der Waals surface area contributed by atoms with Crippen LogP contribution in [0.2, 0.25) is 0 Å².